The van der Waals surface area contributed by atoms with Crippen molar-refractivity contribution < 1.29 is 32.9 Å². The maximum absolute atomic E-state index is 13.7. The highest BCUT2D eigenvalue weighted by Gasteiger charge is 2.27. The Balaban J connectivity index is 2.21. The molecule has 0 aromatic rings. The third-order valence-electron chi connectivity index (χ3n) is 4.14. The summed E-state index contributed by atoms with van der Waals surface area (Å²) in [5, 5.41) is 1.91. The van der Waals surface area contributed by atoms with Gasteiger partial charge in [0.2, 0.25) is 14.2 Å². The minimum Gasteiger partial charge on any atom is -0.428 e. The number of hydrogen-bond donors (Lipinski definition) is 2. The zero-order valence-electron chi connectivity index (χ0n) is 14.9. The van der Waals surface area contributed by atoms with E-state index in [9.17, 15) is 23.4 Å². The predicted molar refractivity (Wildman–Crippen MR) is 91.1 cm³/mol. The molecule has 1 rings (SSSR count). The molecule has 25 heavy (non-hydrogen) atoms. The van der Waals surface area contributed by atoms with Crippen LogP contribution in [0.25, 0.3) is 0 Å². The van der Waals surface area contributed by atoms with E-state index in [2.05, 4.69) is 9.47 Å². The van der Waals surface area contributed by atoms with Gasteiger partial charge in [-0.15, -0.1) is 0 Å². The fourth-order valence-electron chi connectivity index (χ4n) is 2.73. The number of esters is 1. The van der Waals surface area contributed by atoms with Crippen LogP contribution in [0.2, 0.25) is 0 Å². The summed E-state index contributed by atoms with van der Waals surface area (Å²) in [7, 11) is -3.41. The summed E-state index contributed by atoms with van der Waals surface area (Å²) in [6.07, 6.45) is 2.11. The third kappa shape index (κ3) is 9.80. The molecule has 1 saturated carbocycles. The Hall–Kier alpha value is -1.14. The van der Waals surface area contributed by atoms with E-state index in [0.29, 0.717) is 0 Å². The molecule has 7 nitrogen and oxygen atoms in total. The minimum absolute atomic E-state index is 0.187. The average molecular weight is 381 g/mol. The molecule has 1 amide bonds. The number of rotatable bonds is 9. The lowest BCUT2D eigenvalue weighted by Crippen LogP contribution is -2.33. The molecular weight excluding hydrogens is 352 g/mol. The van der Waals surface area contributed by atoms with Gasteiger partial charge < -0.3 is 14.4 Å². The molecule has 2 atom stereocenters. The lowest BCUT2D eigenvalue weighted by atomic mass is 9.91. The van der Waals surface area contributed by atoms with Crippen LogP contribution in [0.1, 0.15) is 52.4 Å². The molecule has 2 N–H and O–H groups in total. The molecule has 0 radical (unpaired) electrons. The molecule has 0 aromatic carbocycles. The van der Waals surface area contributed by atoms with Crippen LogP contribution in [0.15, 0.2) is 0 Å². The monoisotopic (exact) mass is 381 g/mol. The Morgan fingerprint density at radius 3 is 2.48 bits per heavy atom. The Bertz CT molecular complexity index is 481. The largest absolute Gasteiger partial charge is 0.428 e. The minimum atomic E-state index is -3.41. The van der Waals surface area contributed by atoms with Crippen molar-refractivity contribution in [3.05, 3.63) is 0 Å². The van der Waals surface area contributed by atoms with Gasteiger partial charge in [-0.25, -0.2) is 9.18 Å². The molecular formula is C16H29FNO6P. The van der Waals surface area contributed by atoms with Crippen molar-refractivity contribution >= 4 is 19.4 Å². The maximum Gasteiger partial charge on any atom is 0.412 e. The number of nitrogens with one attached hydrogen (secondary N) is 1. The van der Waals surface area contributed by atoms with Gasteiger partial charge in [-0.05, 0) is 18.8 Å². The van der Waals surface area contributed by atoms with Crippen molar-refractivity contribution in [1.29, 1.82) is 0 Å². The second kappa shape index (κ2) is 10.8. The van der Waals surface area contributed by atoms with Gasteiger partial charge in [-0.3, -0.25) is 14.7 Å². The lowest BCUT2D eigenvalue weighted by molar-refractivity contribution is -0.155. The van der Waals surface area contributed by atoms with Gasteiger partial charge in [0.25, 0.3) is 0 Å². The summed E-state index contributed by atoms with van der Waals surface area (Å²) in [5.74, 6) is -0.659. The molecule has 0 aliphatic heterocycles. The van der Waals surface area contributed by atoms with E-state index in [1.165, 1.54) is 0 Å². The number of ether oxygens (including phenoxy) is 2. The normalized spacial score (nSPS) is 19.1. The first kappa shape index (κ1) is 21.9. The van der Waals surface area contributed by atoms with E-state index in [1.54, 1.807) is 13.8 Å². The lowest BCUT2D eigenvalue weighted by Gasteiger charge is -2.24. The highest BCUT2D eigenvalue weighted by atomic mass is 31.2. The SMILES string of the molecule is CC(C)C(=O)OCOC(=O)NC(F)CCP(=O)(O)CC1CCCCC1. The summed E-state index contributed by atoms with van der Waals surface area (Å²) in [6, 6.07) is 0. The summed E-state index contributed by atoms with van der Waals surface area (Å²) >= 11 is 0. The predicted octanol–water partition coefficient (Wildman–Crippen LogP) is 3.41. The van der Waals surface area contributed by atoms with Crippen molar-refractivity contribution in [3.63, 3.8) is 0 Å². The highest BCUT2D eigenvalue weighted by Crippen LogP contribution is 2.46. The average Bonchev–Trinajstić information content (AvgIpc) is 2.53. The summed E-state index contributed by atoms with van der Waals surface area (Å²) in [4.78, 5) is 32.5. The van der Waals surface area contributed by atoms with Crippen LogP contribution in [0, 0.1) is 11.8 Å². The van der Waals surface area contributed by atoms with Crippen LogP contribution in [-0.2, 0) is 18.8 Å². The standard InChI is InChI=1S/C16H29FNO6P/c1-12(2)15(19)23-11-24-16(20)18-14(17)8-9-25(21,22)10-13-6-4-3-5-7-13/h12-14H,3-11H2,1-2H3,(H,18,20)(H,21,22). The molecule has 9 heteroatoms. The molecule has 1 aliphatic carbocycles. The number of amides is 1. The molecule has 2 unspecified atom stereocenters. The van der Waals surface area contributed by atoms with Crippen LogP contribution < -0.4 is 5.32 Å². The first-order valence-corrected chi connectivity index (χ1v) is 10.8. The topological polar surface area (TPSA) is 102 Å². The van der Waals surface area contributed by atoms with Crippen LogP contribution in [0.3, 0.4) is 0 Å². The van der Waals surface area contributed by atoms with Crippen molar-refractivity contribution in [3.8, 4) is 0 Å². The fourth-order valence-corrected chi connectivity index (χ4v) is 4.71. The molecule has 0 saturated heterocycles. The second-order valence-electron chi connectivity index (χ2n) is 6.82. The van der Waals surface area contributed by atoms with Gasteiger partial charge in [-0.1, -0.05) is 33.1 Å². The third-order valence-corrected chi connectivity index (χ3v) is 6.18. The summed E-state index contributed by atoms with van der Waals surface area (Å²) in [5.41, 5.74) is 0. The van der Waals surface area contributed by atoms with E-state index < -0.39 is 32.5 Å². The van der Waals surface area contributed by atoms with Crippen molar-refractivity contribution in [2.24, 2.45) is 11.8 Å². The number of hydrogen-bond acceptors (Lipinski definition) is 5. The molecule has 0 heterocycles. The van der Waals surface area contributed by atoms with Gasteiger partial charge in [0, 0.05) is 18.7 Å². The number of alkyl carbamates (subject to hydrolysis) is 1. The molecule has 0 bridgehead atoms. The van der Waals surface area contributed by atoms with E-state index in [0.717, 1.165) is 32.1 Å². The van der Waals surface area contributed by atoms with Gasteiger partial charge in [0.1, 0.15) is 0 Å². The molecule has 0 spiro atoms. The molecule has 1 fully saturated rings. The number of carbonyl (C=O) groups is 2. The van der Waals surface area contributed by atoms with Gasteiger partial charge in [-0.2, -0.15) is 0 Å². The Kier molecular flexibility index (Phi) is 9.43. The molecule has 1 aliphatic rings. The van der Waals surface area contributed by atoms with Crippen LogP contribution in [0.4, 0.5) is 9.18 Å². The quantitative estimate of drug-likeness (QED) is 0.275. The molecule has 146 valence electrons. The zero-order valence-corrected chi connectivity index (χ0v) is 15.8. The summed E-state index contributed by atoms with van der Waals surface area (Å²) < 4.78 is 35.0. The number of halogens is 1. The number of alkyl halides is 1. The van der Waals surface area contributed by atoms with Gasteiger partial charge in [0.15, 0.2) is 6.30 Å². The first-order valence-electron chi connectivity index (χ1n) is 8.74. The van der Waals surface area contributed by atoms with Crippen molar-refractivity contribution in [2.45, 2.75) is 58.7 Å². The summed E-state index contributed by atoms with van der Waals surface area (Å²) in [6.45, 7) is 2.65. The van der Waals surface area contributed by atoms with E-state index in [1.807, 2.05) is 5.32 Å². The zero-order chi connectivity index (χ0) is 18.9. The first-order chi connectivity index (χ1) is 11.7. The smallest absolute Gasteiger partial charge is 0.412 e. The fraction of sp³-hybridized carbons (Fsp3) is 0.875. The Labute approximate surface area is 148 Å². The van der Waals surface area contributed by atoms with Crippen LogP contribution >= 0.6 is 7.37 Å². The Morgan fingerprint density at radius 1 is 1.24 bits per heavy atom. The maximum atomic E-state index is 13.7. The van der Waals surface area contributed by atoms with Gasteiger partial charge >= 0.3 is 12.1 Å². The number of carbonyl (C=O) groups excluding carboxylic acids is 2. The van der Waals surface area contributed by atoms with Gasteiger partial charge in [0.05, 0.1) is 5.92 Å². The van der Waals surface area contributed by atoms with Crippen molar-refractivity contribution in [1.82, 2.24) is 5.32 Å². The van der Waals surface area contributed by atoms with Crippen molar-refractivity contribution in [2.75, 3.05) is 19.1 Å². The molecule has 0 aromatic heterocycles. The van der Waals surface area contributed by atoms with E-state index in [4.69, 9.17) is 0 Å². The van der Waals surface area contributed by atoms with Crippen LogP contribution in [-0.4, -0.2) is 42.4 Å². The van der Waals surface area contributed by atoms with E-state index >= 15 is 0 Å². The van der Waals surface area contributed by atoms with E-state index in [-0.39, 0.29) is 30.6 Å². The highest BCUT2D eigenvalue weighted by molar-refractivity contribution is 7.58. The van der Waals surface area contributed by atoms with Crippen LogP contribution in [0.5, 0.6) is 0 Å². The second-order valence-corrected chi connectivity index (χ2v) is 9.33. The Morgan fingerprint density at radius 2 is 1.88 bits per heavy atom.